The third kappa shape index (κ3) is 28.5. The number of nitrogens with zero attached hydrogens (tertiary/aromatic N) is 22. The fraction of sp³-hybridized carbons (Fsp3) is 0.341. The molecule has 13 aromatic rings. The summed E-state index contributed by atoms with van der Waals surface area (Å²) < 4.78 is 8.18. The smallest absolute Gasteiger partial charge is 0.142 e. The average molecular weight is 1730 g/mol. The maximum Gasteiger partial charge on any atom is 0.142 e. The number of hydrogen-bond acceptors (Lipinski definition) is 23. The fourth-order valence-electron chi connectivity index (χ4n) is 11.7. The topological polar surface area (TPSA) is 435 Å². The van der Waals surface area contributed by atoms with Crippen LogP contribution in [0.4, 0.5) is 22.7 Å². The third-order valence-electron chi connectivity index (χ3n) is 17.9. The minimum Gasteiger partial charge on any atom is -0.400 e. The minimum atomic E-state index is -2.45. The summed E-state index contributed by atoms with van der Waals surface area (Å²) in [5.74, 6) is 0.694. The number of tetrazole rings is 2. The van der Waals surface area contributed by atoms with Crippen molar-refractivity contribution in [2.75, 3.05) is 40.2 Å². The van der Waals surface area contributed by atoms with Gasteiger partial charge in [-0.2, -0.15) is 21.0 Å². The number of H-pyrrole nitrogens is 2. The molecule has 0 aliphatic rings. The molecule has 0 fully saturated rings. The zero-order valence-electron chi connectivity index (χ0n) is 67.5. The molecule has 34 nitrogen and oxygen atoms in total. The van der Waals surface area contributed by atoms with E-state index in [1.807, 2.05) is 153 Å². The number of aliphatic hydroxyl groups is 1. The standard InChI is InChI=1S/C19H19N7O2.C19H18N4O2.C16H14N4O.C12H13N7O2.3C4H9.C3H5ClO.CH4O.N3.Sn/c1-2-19(27)25(12-18-21-23-24-22-18)16-8-9-17-15(10-16)11-20-26(17)28-13-14-6-4-3-5-7-14;1-2-19(24)22(11-10-20)17-8-9-18-16(12-17)13-21-23(18)25-14-15-6-4-3-5-7-15;17-8-9-18-15-6-7-16-14(10-15)11-19-20(16)21-12-13-4-2-1-3-5-13;1-2-12(20)18(7-11-14-16-17-15-11)9-3-4-10-8(5-9)6-13-19(10)21;3*1-3-4-2;1-2-3(4)5;1-2;1-3-2;/h3-11H,2,12-13H2,1H3,(H,21,22,23,24);3-9,12-13H,2,11,14H2,1H3;1-7,10-11,18H,9,12H2;3-6,21H,2,7H2,1H3,(H,14,15,16,17);3*1,3-4H2,2H3;2H2,1H3;2H,1H3;;/q;;;;;;;;;-1;+1. The van der Waals surface area contributed by atoms with E-state index < -0.39 is 18.7 Å². The molecule has 0 saturated heterocycles. The van der Waals surface area contributed by atoms with Gasteiger partial charge >= 0.3 is 105 Å². The summed E-state index contributed by atoms with van der Waals surface area (Å²) in [5.41, 5.74) is 18.1. The average Bonchev–Trinajstić information content (AvgIpc) is 1.66. The number of azide groups is 1. The van der Waals surface area contributed by atoms with Crippen LogP contribution in [0.3, 0.4) is 0 Å². The first-order valence-corrected chi connectivity index (χ1v) is 46.4. The zero-order valence-corrected chi connectivity index (χ0v) is 71.1. The van der Waals surface area contributed by atoms with Crippen LogP contribution in [0.1, 0.15) is 141 Å². The van der Waals surface area contributed by atoms with Crippen LogP contribution in [0.25, 0.3) is 54.1 Å². The van der Waals surface area contributed by atoms with Crippen molar-refractivity contribution < 1.29 is 44.0 Å². The largest absolute Gasteiger partial charge is 0.400 e. The van der Waals surface area contributed by atoms with Gasteiger partial charge in [0.2, 0.25) is 23.0 Å². The molecule has 0 saturated carbocycles. The summed E-state index contributed by atoms with van der Waals surface area (Å²) in [6.07, 6.45) is 15.7. The van der Waals surface area contributed by atoms with Gasteiger partial charge in [-0.1, -0.05) is 144 Å². The van der Waals surface area contributed by atoms with Gasteiger partial charge in [0.05, 0.1) is 50.0 Å². The monoisotopic (exact) mass is 1730 g/mol. The van der Waals surface area contributed by atoms with Crippen molar-refractivity contribution in [2.24, 2.45) is 3.34 Å². The van der Waals surface area contributed by atoms with Gasteiger partial charge in [0.25, 0.3) is 0 Å². The number of benzene rings is 7. The number of anilines is 4. The Morgan fingerprint density at radius 1 is 0.517 bits per heavy atom. The maximum atomic E-state index is 12.4. The van der Waals surface area contributed by atoms with Crippen LogP contribution in [0.5, 0.6) is 0 Å². The van der Waals surface area contributed by atoms with Crippen molar-refractivity contribution in [3.05, 3.63) is 227 Å². The number of nitriles is 2. The van der Waals surface area contributed by atoms with Crippen LogP contribution in [-0.4, -0.2) is 153 Å². The molecule has 0 unspecified atom stereocenters. The minimum absolute atomic E-state index is 0.0246. The number of aliphatic hydroxyl groups excluding tert-OH is 1. The van der Waals surface area contributed by atoms with E-state index in [9.17, 15) is 24.4 Å². The molecule has 36 heteroatoms. The number of amides is 3. The summed E-state index contributed by atoms with van der Waals surface area (Å²) in [6.45, 7) is 15.9. The van der Waals surface area contributed by atoms with Crippen molar-refractivity contribution in [2.45, 2.75) is 159 Å². The Morgan fingerprint density at radius 3 is 1.24 bits per heavy atom. The second-order valence-corrected chi connectivity index (χ2v) is 38.4. The molecule has 0 atom stereocenters. The Kier molecular flexibility index (Phi) is 39.3. The van der Waals surface area contributed by atoms with Crippen LogP contribution < -0.4 is 34.5 Å². The molecule has 6 aromatic heterocycles. The van der Waals surface area contributed by atoms with E-state index in [0.29, 0.717) is 74.0 Å². The molecule has 7 aromatic carbocycles. The second-order valence-electron chi connectivity index (χ2n) is 26.1. The first kappa shape index (κ1) is 92.2. The number of hydrogen-bond donors (Lipinski definition) is 5. The molecule has 0 aliphatic heterocycles. The Labute approximate surface area is 692 Å². The summed E-state index contributed by atoms with van der Waals surface area (Å²) in [4.78, 5) is 76.6. The second kappa shape index (κ2) is 50.4. The molecule has 6 heterocycles. The number of fused-ring (bicyclic) bond motifs is 4. The maximum absolute atomic E-state index is 12.4. The van der Waals surface area contributed by atoms with Crippen molar-refractivity contribution in [3.63, 3.8) is 0 Å². The van der Waals surface area contributed by atoms with Crippen LogP contribution in [0.15, 0.2) is 192 Å². The van der Waals surface area contributed by atoms with Gasteiger partial charge in [-0.05, 0) is 101 Å². The first-order valence-electron chi connectivity index (χ1n) is 38.7. The van der Waals surface area contributed by atoms with E-state index in [-0.39, 0.29) is 49.1 Å². The predicted molar refractivity (Wildman–Crippen MR) is 453 cm³/mol. The zero-order chi connectivity index (χ0) is 84.9. The van der Waals surface area contributed by atoms with Gasteiger partial charge < -0.3 is 39.9 Å². The number of carbonyl (C=O) groups excluding carboxylic acids is 4. The normalized spacial score (nSPS) is 10.4. The van der Waals surface area contributed by atoms with Crippen LogP contribution in [-0.2, 0) is 52.1 Å². The van der Waals surface area contributed by atoms with E-state index in [4.69, 9.17) is 47.3 Å². The van der Waals surface area contributed by atoms with Crippen LogP contribution in [0.2, 0.25) is 13.3 Å². The summed E-state index contributed by atoms with van der Waals surface area (Å²) >= 11 is 2.37. The Balaban J connectivity index is 0.000000202. The van der Waals surface area contributed by atoms with Crippen molar-refractivity contribution in [1.29, 1.82) is 10.5 Å². The van der Waals surface area contributed by atoms with Crippen LogP contribution in [0, 0.1) is 22.7 Å². The number of rotatable bonds is 33. The molecule has 118 heavy (non-hydrogen) atoms. The quantitative estimate of drug-likeness (QED) is 0.00485. The van der Waals surface area contributed by atoms with Gasteiger partial charge in [-0.15, -0.1) is 45.6 Å². The fourth-order valence-corrected chi connectivity index (χ4v) is 23.9. The van der Waals surface area contributed by atoms with E-state index >= 15 is 0 Å². The number of carbonyl (C=O) groups is 4. The van der Waals surface area contributed by atoms with Crippen molar-refractivity contribution in [1.82, 2.24) is 81.0 Å². The third-order valence-corrected chi connectivity index (χ3v) is 30.7. The van der Waals surface area contributed by atoms with Crippen LogP contribution >= 0.6 is 11.6 Å². The predicted octanol–water partition coefficient (Wildman–Crippen LogP) is 14.8. The van der Waals surface area contributed by atoms with E-state index in [1.165, 1.54) is 77.5 Å². The Morgan fingerprint density at radius 2 is 0.881 bits per heavy atom. The molecule has 0 bridgehead atoms. The molecule has 0 aliphatic carbocycles. The van der Waals surface area contributed by atoms with E-state index in [2.05, 4.69) is 102 Å². The van der Waals surface area contributed by atoms with Gasteiger partial charge in [0.15, 0.2) is 11.6 Å². The van der Waals surface area contributed by atoms with Crippen molar-refractivity contribution in [3.8, 4) is 12.1 Å². The Hall–Kier alpha value is -13.0. The summed E-state index contributed by atoms with van der Waals surface area (Å²) in [6, 6.07) is 55.9. The number of halogens is 1. The van der Waals surface area contributed by atoms with Gasteiger partial charge in [0, 0.05) is 77.1 Å². The molecule has 3 amide bonds. The van der Waals surface area contributed by atoms with Gasteiger partial charge in [0.1, 0.15) is 55.0 Å². The Bertz CT molecular complexity index is 5280. The summed E-state index contributed by atoms with van der Waals surface area (Å²) in [7, 11) is 1.00. The van der Waals surface area contributed by atoms with E-state index in [1.54, 1.807) is 73.4 Å². The number of nitrogens with one attached hydrogen (secondary N) is 3. The summed E-state index contributed by atoms with van der Waals surface area (Å²) in [5, 5.41) is 84.1. The van der Waals surface area contributed by atoms with Crippen molar-refractivity contribution >= 4 is 120 Å². The number of aromatic nitrogens is 16. The SMILES string of the molecule is CCC(=O)Cl.CCC(=O)N(CC#N)c1ccc2c(cnn2OCc2ccccc2)c1.CCC(=O)N(Cc1nn[nH]n1)c1ccc2c(cnn2O)c1.CCC(=O)N(Cc1nn[nH]n1)c1ccc2c(cnn2OCc2ccccc2)c1.CCC[CH2][Sn]([CH2]CCC)([CH2]CCC)[N]=[N+]=[N-].CO.N#CCNc1ccc2c(cnn2OCc2ccccc2)c1. The van der Waals surface area contributed by atoms with Gasteiger partial charge in [-0.25, -0.2) is 0 Å². The molecule has 13 rings (SSSR count). The number of aromatic amines is 2. The van der Waals surface area contributed by atoms with E-state index in [0.717, 1.165) is 78.1 Å². The molecular weight excluding hydrogens is 1630 g/mol. The molecule has 0 radical (unpaired) electrons. The molecular formula is C82H100ClN25O9Sn. The molecule has 0 spiro atoms. The molecule has 618 valence electrons. The van der Waals surface area contributed by atoms with Gasteiger partial charge in [-0.3, -0.25) is 24.1 Å². The number of unbranched alkanes of at least 4 members (excludes halogenated alkanes) is 3. The first-order chi connectivity index (χ1) is 57.5. The molecule has 5 N–H and O–H groups in total.